The minimum absolute atomic E-state index is 0.156. The molecule has 86 valence electrons. The molecule has 0 radical (unpaired) electrons. The van der Waals surface area contributed by atoms with Crippen LogP contribution in [0.5, 0.6) is 0 Å². The van der Waals surface area contributed by atoms with Crippen LogP contribution in [0.15, 0.2) is 12.5 Å². The van der Waals surface area contributed by atoms with Gasteiger partial charge in [-0.2, -0.15) is 0 Å². The smallest absolute Gasteiger partial charge is 0.356 e. The van der Waals surface area contributed by atoms with Crippen molar-refractivity contribution in [2.24, 2.45) is 17.8 Å². The second-order valence-corrected chi connectivity index (χ2v) is 5.20. The number of imidazole rings is 1. The summed E-state index contributed by atoms with van der Waals surface area (Å²) < 4.78 is 1.94. The molecular formula is C12H16N2O2. The molecule has 4 nitrogen and oxygen atoms in total. The maximum Gasteiger partial charge on any atom is 0.356 e. The van der Waals surface area contributed by atoms with E-state index in [1.807, 2.05) is 4.57 Å². The third-order valence-corrected chi connectivity index (χ3v) is 4.18. The van der Waals surface area contributed by atoms with Crippen LogP contribution in [0.4, 0.5) is 0 Å². The van der Waals surface area contributed by atoms with E-state index in [-0.39, 0.29) is 5.69 Å². The largest absolute Gasteiger partial charge is 0.476 e. The van der Waals surface area contributed by atoms with Gasteiger partial charge >= 0.3 is 5.97 Å². The van der Waals surface area contributed by atoms with Crippen molar-refractivity contribution in [1.29, 1.82) is 0 Å². The van der Waals surface area contributed by atoms with Gasteiger partial charge in [-0.05, 0) is 37.0 Å². The number of nitrogens with zero attached hydrogens (tertiary/aromatic N) is 2. The molecule has 1 aromatic rings. The van der Waals surface area contributed by atoms with E-state index >= 15 is 0 Å². The Bertz CT molecular complexity index is 413. The van der Waals surface area contributed by atoms with E-state index < -0.39 is 5.97 Å². The Balaban J connectivity index is 1.68. The van der Waals surface area contributed by atoms with Crippen molar-refractivity contribution in [3.05, 3.63) is 18.2 Å². The lowest BCUT2D eigenvalue weighted by Gasteiger charge is -2.21. The predicted octanol–water partition coefficient (Wildman–Crippen LogP) is 2.02. The number of hydrogen-bond donors (Lipinski definition) is 1. The van der Waals surface area contributed by atoms with Crippen molar-refractivity contribution < 1.29 is 9.90 Å². The number of carbonyl (C=O) groups is 1. The lowest BCUT2D eigenvalue weighted by molar-refractivity contribution is 0.0691. The fourth-order valence-corrected chi connectivity index (χ4v) is 3.44. The van der Waals surface area contributed by atoms with E-state index in [9.17, 15) is 4.79 Å². The molecule has 2 fully saturated rings. The summed E-state index contributed by atoms with van der Waals surface area (Å²) in [6, 6.07) is 0. The van der Waals surface area contributed by atoms with Gasteiger partial charge in [0.15, 0.2) is 5.69 Å². The molecule has 0 amide bonds. The Morgan fingerprint density at radius 1 is 1.50 bits per heavy atom. The summed E-state index contributed by atoms with van der Waals surface area (Å²) in [7, 11) is 0. The van der Waals surface area contributed by atoms with Crippen LogP contribution in [0.3, 0.4) is 0 Å². The second-order valence-electron chi connectivity index (χ2n) is 5.20. The highest BCUT2D eigenvalue weighted by atomic mass is 16.4. The van der Waals surface area contributed by atoms with Gasteiger partial charge in [0, 0.05) is 12.7 Å². The lowest BCUT2D eigenvalue weighted by atomic mass is 9.89. The molecule has 2 saturated carbocycles. The quantitative estimate of drug-likeness (QED) is 0.847. The number of hydrogen-bond acceptors (Lipinski definition) is 2. The minimum Gasteiger partial charge on any atom is -0.476 e. The van der Waals surface area contributed by atoms with Crippen molar-refractivity contribution in [2.75, 3.05) is 0 Å². The number of fused-ring (bicyclic) bond motifs is 2. The van der Waals surface area contributed by atoms with Gasteiger partial charge in [0.1, 0.15) is 0 Å². The number of aromatic carboxylic acids is 1. The van der Waals surface area contributed by atoms with Crippen LogP contribution in [-0.4, -0.2) is 20.6 Å². The zero-order valence-electron chi connectivity index (χ0n) is 9.17. The molecule has 3 rings (SSSR count). The molecule has 1 aromatic heterocycles. The monoisotopic (exact) mass is 220 g/mol. The molecule has 1 heterocycles. The zero-order chi connectivity index (χ0) is 11.1. The number of aromatic nitrogens is 2. The van der Waals surface area contributed by atoms with Crippen LogP contribution in [0, 0.1) is 17.8 Å². The Kier molecular flexibility index (Phi) is 2.23. The average Bonchev–Trinajstić information content (AvgIpc) is 2.91. The first kappa shape index (κ1) is 9.87. The fraction of sp³-hybridized carbons (Fsp3) is 0.667. The number of carboxylic acid groups (broad SMARTS) is 1. The normalized spacial score (nSPS) is 32.1. The summed E-state index contributed by atoms with van der Waals surface area (Å²) in [5.74, 6) is 1.62. The molecule has 2 aliphatic rings. The molecule has 2 bridgehead atoms. The SMILES string of the molecule is O=C(O)c1cn(CC2CC3CCC2C3)cn1. The maximum atomic E-state index is 10.7. The average molecular weight is 220 g/mol. The summed E-state index contributed by atoms with van der Waals surface area (Å²) >= 11 is 0. The number of carboxylic acids is 1. The highest BCUT2D eigenvalue weighted by Crippen LogP contribution is 2.48. The molecule has 0 aromatic carbocycles. The third kappa shape index (κ3) is 1.62. The molecule has 2 aliphatic carbocycles. The van der Waals surface area contributed by atoms with E-state index in [4.69, 9.17) is 5.11 Å². The highest BCUT2D eigenvalue weighted by molar-refractivity contribution is 5.84. The van der Waals surface area contributed by atoms with Crippen LogP contribution >= 0.6 is 0 Å². The molecule has 16 heavy (non-hydrogen) atoms. The van der Waals surface area contributed by atoms with Crippen molar-refractivity contribution >= 4 is 5.97 Å². The Labute approximate surface area is 94.3 Å². The summed E-state index contributed by atoms with van der Waals surface area (Å²) in [6.07, 6.45) is 8.79. The molecular weight excluding hydrogens is 204 g/mol. The molecule has 1 N–H and O–H groups in total. The molecule has 0 aliphatic heterocycles. The van der Waals surface area contributed by atoms with E-state index in [2.05, 4.69) is 4.98 Å². The molecule has 3 unspecified atom stereocenters. The molecule has 3 atom stereocenters. The van der Waals surface area contributed by atoms with E-state index in [0.29, 0.717) is 0 Å². The van der Waals surface area contributed by atoms with Gasteiger partial charge < -0.3 is 9.67 Å². The number of rotatable bonds is 3. The van der Waals surface area contributed by atoms with Gasteiger partial charge in [0.25, 0.3) is 0 Å². The van der Waals surface area contributed by atoms with Crippen molar-refractivity contribution in [3.8, 4) is 0 Å². The van der Waals surface area contributed by atoms with Gasteiger partial charge in [0.2, 0.25) is 0 Å². The molecule has 0 saturated heterocycles. The maximum absolute atomic E-state index is 10.7. The Morgan fingerprint density at radius 3 is 2.94 bits per heavy atom. The van der Waals surface area contributed by atoms with Crippen LogP contribution in [0.1, 0.15) is 36.2 Å². The summed E-state index contributed by atoms with van der Waals surface area (Å²) in [5.41, 5.74) is 0.156. The standard InChI is InChI=1S/C12H16N2O2/c15-12(16)11-6-14(7-13-11)5-10-4-8-1-2-9(10)3-8/h6-10H,1-5H2,(H,15,16). The van der Waals surface area contributed by atoms with Crippen LogP contribution in [0.25, 0.3) is 0 Å². The van der Waals surface area contributed by atoms with Crippen molar-refractivity contribution in [2.45, 2.75) is 32.2 Å². The first-order chi connectivity index (χ1) is 7.72. The lowest BCUT2D eigenvalue weighted by Crippen LogP contribution is -2.16. The van der Waals surface area contributed by atoms with E-state index in [1.165, 1.54) is 25.7 Å². The molecule has 0 spiro atoms. The zero-order valence-corrected chi connectivity index (χ0v) is 9.17. The summed E-state index contributed by atoms with van der Waals surface area (Å²) in [6.45, 7) is 0.946. The predicted molar refractivity (Wildman–Crippen MR) is 58.1 cm³/mol. The first-order valence-electron chi connectivity index (χ1n) is 5.97. The Hall–Kier alpha value is -1.32. The van der Waals surface area contributed by atoms with Gasteiger partial charge in [-0.25, -0.2) is 9.78 Å². The minimum atomic E-state index is -0.938. The summed E-state index contributed by atoms with van der Waals surface area (Å²) in [5, 5.41) is 8.79. The third-order valence-electron chi connectivity index (χ3n) is 4.18. The van der Waals surface area contributed by atoms with Gasteiger partial charge in [-0.1, -0.05) is 6.42 Å². The van der Waals surface area contributed by atoms with Crippen LogP contribution < -0.4 is 0 Å². The summed E-state index contributed by atoms with van der Waals surface area (Å²) in [4.78, 5) is 14.6. The van der Waals surface area contributed by atoms with Gasteiger partial charge in [-0.15, -0.1) is 0 Å². The van der Waals surface area contributed by atoms with E-state index in [0.717, 1.165) is 24.3 Å². The van der Waals surface area contributed by atoms with Crippen LogP contribution in [0.2, 0.25) is 0 Å². The van der Waals surface area contributed by atoms with Crippen molar-refractivity contribution in [1.82, 2.24) is 9.55 Å². The van der Waals surface area contributed by atoms with Crippen LogP contribution in [-0.2, 0) is 6.54 Å². The van der Waals surface area contributed by atoms with Gasteiger partial charge in [-0.3, -0.25) is 0 Å². The van der Waals surface area contributed by atoms with E-state index in [1.54, 1.807) is 12.5 Å². The van der Waals surface area contributed by atoms with Gasteiger partial charge in [0.05, 0.1) is 6.33 Å². The Morgan fingerprint density at radius 2 is 2.38 bits per heavy atom. The fourth-order valence-electron chi connectivity index (χ4n) is 3.44. The topological polar surface area (TPSA) is 55.1 Å². The molecule has 4 heteroatoms. The first-order valence-corrected chi connectivity index (χ1v) is 5.97. The second kappa shape index (κ2) is 3.61. The highest BCUT2D eigenvalue weighted by Gasteiger charge is 2.39. The van der Waals surface area contributed by atoms with Crippen molar-refractivity contribution in [3.63, 3.8) is 0 Å².